The quantitative estimate of drug-likeness (QED) is 0.523. The third-order valence-corrected chi connectivity index (χ3v) is 1.38. The molecule has 0 rings (SSSR count). The van der Waals surface area contributed by atoms with Gasteiger partial charge in [-0.25, -0.2) is 0 Å². The lowest BCUT2D eigenvalue weighted by Crippen LogP contribution is -2.29. The topological polar surface area (TPSA) is 50.4 Å². The van der Waals surface area contributed by atoms with Crippen LogP contribution in [-0.2, 0) is 9.53 Å². The number of methoxy groups -OCH3 is 1. The lowest BCUT2D eigenvalue weighted by Gasteiger charge is -2.04. The molecule has 0 aromatic rings. The minimum Gasteiger partial charge on any atom is -0.375 e. The Balaban J connectivity index is 3.03. The standard InChI is InChI=1S/C8H18N2O2/c1-3-9-5-4-6-10-8(11)7-12-2/h9H,3-7H2,1-2H3,(H,10,11). The minimum atomic E-state index is -0.0472. The van der Waals surface area contributed by atoms with Crippen molar-refractivity contribution in [2.24, 2.45) is 0 Å². The van der Waals surface area contributed by atoms with Gasteiger partial charge in [0.15, 0.2) is 0 Å². The average molecular weight is 174 g/mol. The van der Waals surface area contributed by atoms with Gasteiger partial charge in [-0.1, -0.05) is 6.92 Å². The van der Waals surface area contributed by atoms with Gasteiger partial charge >= 0.3 is 0 Å². The molecule has 1 amide bonds. The second-order valence-corrected chi connectivity index (χ2v) is 2.49. The van der Waals surface area contributed by atoms with E-state index in [0.717, 1.165) is 26.1 Å². The van der Waals surface area contributed by atoms with Crippen molar-refractivity contribution in [1.29, 1.82) is 0 Å². The monoisotopic (exact) mass is 174 g/mol. The van der Waals surface area contributed by atoms with E-state index in [4.69, 9.17) is 0 Å². The molecule has 0 spiro atoms. The number of nitrogens with one attached hydrogen (secondary N) is 2. The molecule has 0 aromatic heterocycles. The van der Waals surface area contributed by atoms with E-state index in [9.17, 15) is 4.79 Å². The highest BCUT2D eigenvalue weighted by Gasteiger charge is 1.96. The number of rotatable bonds is 7. The van der Waals surface area contributed by atoms with Crippen LogP contribution in [0, 0.1) is 0 Å². The van der Waals surface area contributed by atoms with Gasteiger partial charge < -0.3 is 15.4 Å². The Morgan fingerprint density at radius 3 is 2.75 bits per heavy atom. The maximum Gasteiger partial charge on any atom is 0.245 e. The largest absolute Gasteiger partial charge is 0.375 e. The van der Waals surface area contributed by atoms with Gasteiger partial charge in [0.1, 0.15) is 6.61 Å². The number of carbonyl (C=O) groups is 1. The summed E-state index contributed by atoms with van der Waals surface area (Å²) in [7, 11) is 1.51. The summed E-state index contributed by atoms with van der Waals surface area (Å²) in [5.41, 5.74) is 0. The van der Waals surface area contributed by atoms with E-state index in [0.29, 0.717) is 0 Å². The molecule has 0 aliphatic heterocycles. The lowest BCUT2D eigenvalue weighted by atomic mass is 10.4. The lowest BCUT2D eigenvalue weighted by molar-refractivity contribution is -0.124. The molecular weight excluding hydrogens is 156 g/mol. The Hall–Kier alpha value is -0.610. The van der Waals surface area contributed by atoms with Crippen LogP contribution >= 0.6 is 0 Å². The summed E-state index contributed by atoms with van der Waals surface area (Å²) >= 11 is 0. The van der Waals surface area contributed by atoms with Crippen molar-refractivity contribution in [3.05, 3.63) is 0 Å². The van der Waals surface area contributed by atoms with E-state index < -0.39 is 0 Å². The molecule has 0 saturated carbocycles. The Kier molecular flexibility index (Phi) is 8.05. The number of ether oxygens (including phenoxy) is 1. The number of carbonyl (C=O) groups excluding carboxylic acids is 1. The molecule has 0 heterocycles. The van der Waals surface area contributed by atoms with Crippen molar-refractivity contribution in [1.82, 2.24) is 10.6 Å². The molecule has 0 saturated heterocycles. The fourth-order valence-corrected chi connectivity index (χ4v) is 0.800. The highest BCUT2D eigenvalue weighted by Crippen LogP contribution is 1.74. The van der Waals surface area contributed by atoms with Crippen molar-refractivity contribution in [2.75, 3.05) is 33.4 Å². The highest BCUT2D eigenvalue weighted by molar-refractivity contribution is 5.77. The summed E-state index contributed by atoms with van der Waals surface area (Å²) in [5.74, 6) is -0.0472. The fraction of sp³-hybridized carbons (Fsp3) is 0.875. The van der Waals surface area contributed by atoms with Gasteiger partial charge in [-0.15, -0.1) is 0 Å². The number of hydrogen-bond donors (Lipinski definition) is 2. The third-order valence-electron chi connectivity index (χ3n) is 1.38. The maximum absolute atomic E-state index is 10.8. The second kappa shape index (κ2) is 8.49. The molecule has 0 aliphatic carbocycles. The van der Waals surface area contributed by atoms with Gasteiger partial charge in [0.2, 0.25) is 5.91 Å². The van der Waals surface area contributed by atoms with Crippen LogP contribution in [0.5, 0.6) is 0 Å². The van der Waals surface area contributed by atoms with Crippen LogP contribution in [0.3, 0.4) is 0 Å². The van der Waals surface area contributed by atoms with Gasteiger partial charge in [-0.3, -0.25) is 4.79 Å². The first-order valence-corrected chi connectivity index (χ1v) is 4.27. The molecule has 12 heavy (non-hydrogen) atoms. The van der Waals surface area contributed by atoms with Crippen LogP contribution in [0.15, 0.2) is 0 Å². The van der Waals surface area contributed by atoms with E-state index in [1.54, 1.807) is 0 Å². The molecule has 0 aliphatic rings. The van der Waals surface area contributed by atoms with Crippen LogP contribution in [-0.4, -0.2) is 39.3 Å². The zero-order chi connectivity index (χ0) is 9.23. The first-order valence-electron chi connectivity index (χ1n) is 4.27. The Bertz CT molecular complexity index is 118. The summed E-state index contributed by atoms with van der Waals surface area (Å²) in [4.78, 5) is 10.8. The molecule has 4 nitrogen and oxygen atoms in total. The molecular formula is C8H18N2O2. The van der Waals surface area contributed by atoms with E-state index in [1.165, 1.54) is 7.11 Å². The van der Waals surface area contributed by atoms with Crippen molar-refractivity contribution in [3.63, 3.8) is 0 Å². The van der Waals surface area contributed by atoms with Crippen LogP contribution < -0.4 is 10.6 Å². The normalized spacial score (nSPS) is 9.83. The van der Waals surface area contributed by atoms with Crippen LogP contribution in [0.4, 0.5) is 0 Å². The first kappa shape index (κ1) is 11.4. The third kappa shape index (κ3) is 7.50. The van der Waals surface area contributed by atoms with Crippen molar-refractivity contribution >= 4 is 5.91 Å². The molecule has 0 unspecified atom stereocenters. The average Bonchev–Trinajstić information content (AvgIpc) is 2.05. The smallest absolute Gasteiger partial charge is 0.245 e. The molecule has 0 bridgehead atoms. The summed E-state index contributed by atoms with van der Waals surface area (Å²) in [6.07, 6.45) is 0.962. The number of amides is 1. The van der Waals surface area contributed by atoms with Crippen LogP contribution in [0.2, 0.25) is 0 Å². The molecule has 0 radical (unpaired) electrons. The second-order valence-electron chi connectivity index (χ2n) is 2.49. The Morgan fingerprint density at radius 2 is 2.17 bits per heavy atom. The SMILES string of the molecule is CCNCCCNC(=O)COC. The molecule has 0 atom stereocenters. The maximum atomic E-state index is 10.8. The molecule has 2 N–H and O–H groups in total. The predicted molar refractivity (Wildman–Crippen MR) is 48.0 cm³/mol. The first-order chi connectivity index (χ1) is 5.81. The molecule has 4 heteroatoms. The van der Waals surface area contributed by atoms with Gasteiger partial charge in [-0.2, -0.15) is 0 Å². The highest BCUT2D eigenvalue weighted by atomic mass is 16.5. The van der Waals surface area contributed by atoms with Crippen molar-refractivity contribution < 1.29 is 9.53 Å². The predicted octanol–water partition coefficient (Wildman–Crippen LogP) is -0.251. The van der Waals surface area contributed by atoms with Crippen molar-refractivity contribution in [2.45, 2.75) is 13.3 Å². The van der Waals surface area contributed by atoms with Crippen molar-refractivity contribution in [3.8, 4) is 0 Å². The van der Waals surface area contributed by atoms with Gasteiger partial charge in [0, 0.05) is 13.7 Å². The Labute approximate surface area is 73.7 Å². The summed E-state index contributed by atoms with van der Waals surface area (Å²) in [6.45, 7) is 4.86. The van der Waals surface area contributed by atoms with E-state index in [1.807, 2.05) is 0 Å². The van der Waals surface area contributed by atoms with E-state index in [-0.39, 0.29) is 12.5 Å². The minimum absolute atomic E-state index is 0.0472. The zero-order valence-corrected chi connectivity index (χ0v) is 7.85. The molecule has 72 valence electrons. The van der Waals surface area contributed by atoms with Gasteiger partial charge in [0.05, 0.1) is 0 Å². The zero-order valence-electron chi connectivity index (χ0n) is 7.85. The van der Waals surface area contributed by atoms with E-state index in [2.05, 4.69) is 22.3 Å². The molecule has 0 aromatic carbocycles. The summed E-state index contributed by atoms with van der Waals surface area (Å²) < 4.78 is 4.65. The van der Waals surface area contributed by atoms with E-state index >= 15 is 0 Å². The summed E-state index contributed by atoms with van der Waals surface area (Å²) in [5, 5.41) is 5.91. The Morgan fingerprint density at radius 1 is 1.42 bits per heavy atom. The molecule has 0 fully saturated rings. The van der Waals surface area contributed by atoms with Gasteiger partial charge in [0.25, 0.3) is 0 Å². The summed E-state index contributed by atoms with van der Waals surface area (Å²) in [6, 6.07) is 0. The fourth-order valence-electron chi connectivity index (χ4n) is 0.800. The van der Waals surface area contributed by atoms with Crippen LogP contribution in [0.25, 0.3) is 0 Å². The number of hydrogen-bond acceptors (Lipinski definition) is 3. The van der Waals surface area contributed by atoms with Crippen LogP contribution in [0.1, 0.15) is 13.3 Å². The van der Waals surface area contributed by atoms with Gasteiger partial charge in [-0.05, 0) is 19.5 Å².